The van der Waals surface area contributed by atoms with Gasteiger partial charge in [-0.15, -0.1) is 0 Å². The normalized spacial score (nSPS) is 18.6. The number of rotatable bonds is 0. The van der Waals surface area contributed by atoms with E-state index in [0.717, 1.165) is 16.7 Å². The summed E-state index contributed by atoms with van der Waals surface area (Å²) in [5, 5.41) is 10.6. The van der Waals surface area contributed by atoms with Gasteiger partial charge in [0.25, 0.3) is 0 Å². The molecule has 3 heterocycles. The summed E-state index contributed by atoms with van der Waals surface area (Å²) in [6.07, 6.45) is 0. The second kappa shape index (κ2) is 3.83. The number of benzene rings is 1. The lowest BCUT2D eigenvalue weighted by atomic mass is 10.1. The smallest absolute Gasteiger partial charge is 0.152 e. The van der Waals surface area contributed by atoms with E-state index in [0.29, 0.717) is 30.1 Å². The Kier molecular flexibility index (Phi) is 2.20. The molecule has 3 aromatic rings. The number of pyridine rings is 1. The molecule has 1 aliphatic rings. The third kappa shape index (κ3) is 1.42. The average Bonchev–Trinajstić information content (AvgIpc) is 2.80. The number of aromatic hydroxyl groups is 1. The third-order valence-electron chi connectivity index (χ3n) is 3.74. The summed E-state index contributed by atoms with van der Waals surface area (Å²) in [5.74, 6) is 1.43. The second-order valence-electron chi connectivity index (χ2n) is 5.16. The molecule has 0 spiro atoms. The number of nitrogens with two attached hydrogens (primary N) is 1. The molecule has 0 amide bonds. The largest absolute Gasteiger partial charge is 0.508 e. The number of phenolic OH excluding ortho intramolecular Hbond substituents is 1. The maximum absolute atomic E-state index is 9.61. The highest BCUT2D eigenvalue weighted by Crippen LogP contribution is 2.34. The van der Waals surface area contributed by atoms with Crippen LogP contribution in [0.1, 0.15) is 18.8 Å². The molecule has 4 rings (SSSR count). The van der Waals surface area contributed by atoms with Crippen molar-refractivity contribution in [3.05, 3.63) is 24.0 Å². The van der Waals surface area contributed by atoms with E-state index in [9.17, 15) is 5.11 Å². The number of aromatic nitrogens is 3. The number of imidazole rings is 1. The van der Waals surface area contributed by atoms with Crippen LogP contribution in [0, 0.1) is 0 Å². The highest BCUT2D eigenvalue weighted by atomic mass is 16.5. The lowest BCUT2D eigenvalue weighted by Gasteiger charge is -2.23. The molecule has 2 aromatic heterocycles. The molecule has 0 fully saturated rings. The van der Waals surface area contributed by atoms with Gasteiger partial charge in [0.15, 0.2) is 5.82 Å². The first-order chi connectivity index (χ1) is 9.65. The van der Waals surface area contributed by atoms with Gasteiger partial charge >= 0.3 is 0 Å². The van der Waals surface area contributed by atoms with Gasteiger partial charge < -0.3 is 20.1 Å². The first kappa shape index (κ1) is 11.5. The van der Waals surface area contributed by atoms with Crippen molar-refractivity contribution in [2.24, 2.45) is 0 Å². The molecule has 6 heteroatoms. The van der Waals surface area contributed by atoms with Gasteiger partial charge in [0.1, 0.15) is 23.7 Å². The third-order valence-corrected chi connectivity index (χ3v) is 3.74. The van der Waals surface area contributed by atoms with E-state index in [2.05, 4.69) is 21.5 Å². The van der Waals surface area contributed by atoms with E-state index in [1.54, 1.807) is 12.1 Å². The molecular formula is C14H14N4O2. The molecule has 1 aromatic carbocycles. The number of nitrogen functional groups attached to an aromatic ring is 1. The number of hydrogen-bond donors (Lipinski definition) is 2. The molecule has 20 heavy (non-hydrogen) atoms. The van der Waals surface area contributed by atoms with Crippen molar-refractivity contribution in [1.29, 1.82) is 0 Å². The van der Waals surface area contributed by atoms with Crippen molar-refractivity contribution in [3.63, 3.8) is 0 Å². The number of nitrogens with zero attached hydrogens (tertiary/aromatic N) is 3. The lowest BCUT2D eigenvalue weighted by Crippen LogP contribution is -2.21. The Hall–Kier alpha value is -2.34. The van der Waals surface area contributed by atoms with Gasteiger partial charge in [-0.05, 0) is 19.1 Å². The maximum atomic E-state index is 9.61. The Morgan fingerprint density at radius 1 is 1.40 bits per heavy atom. The van der Waals surface area contributed by atoms with Crippen LogP contribution >= 0.6 is 0 Å². The first-order valence-corrected chi connectivity index (χ1v) is 6.52. The number of ether oxygens (including phenoxy) is 1. The fourth-order valence-electron chi connectivity index (χ4n) is 2.88. The zero-order valence-corrected chi connectivity index (χ0v) is 11.0. The predicted octanol–water partition coefficient (Wildman–Crippen LogP) is 1.96. The predicted molar refractivity (Wildman–Crippen MR) is 75.5 cm³/mol. The topological polar surface area (TPSA) is 86.2 Å². The van der Waals surface area contributed by atoms with Gasteiger partial charge in [0.2, 0.25) is 0 Å². The Balaban J connectivity index is 2.21. The molecule has 0 saturated carbocycles. The van der Waals surface area contributed by atoms with Gasteiger partial charge in [-0.1, -0.05) is 0 Å². The van der Waals surface area contributed by atoms with Crippen LogP contribution in [0.3, 0.4) is 0 Å². The molecule has 102 valence electrons. The Morgan fingerprint density at radius 3 is 3.10 bits per heavy atom. The van der Waals surface area contributed by atoms with Gasteiger partial charge in [-0.3, -0.25) is 0 Å². The first-order valence-electron chi connectivity index (χ1n) is 6.52. The monoisotopic (exact) mass is 270 g/mol. The van der Waals surface area contributed by atoms with Gasteiger partial charge in [0.05, 0.1) is 23.7 Å². The number of hydrogen-bond acceptors (Lipinski definition) is 5. The minimum Gasteiger partial charge on any atom is -0.508 e. The minimum absolute atomic E-state index is 0.179. The van der Waals surface area contributed by atoms with E-state index in [1.165, 1.54) is 0 Å². The van der Waals surface area contributed by atoms with Gasteiger partial charge in [0, 0.05) is 11.5 Å². The highest BCUT2D eigenvalue weighted by molar-refractivity contribution is 6.07. The standard InChI is InChI=1S/C14H14N4O2/c1-7-5-20-6-11-17-12-13(18(7)11)9-3-2-8(19)4-10(9)16-14(12)15/h2-4,7,19H,5-6H2,1H3,(H2,15,16)/t7-/m0/s1. The Labute approximate surface area is 114 Å². The van der Waals surface area contributed by atoms with Crippen molar-refractivity contribution in [1.82, 2.24) is 14.5 Å². The van der Waals surface area contributed by atoms with Crippen LogP contribution in [0.4, 0.5) is 5.82 Å². The van der Waals surface area contributed by atoms with Crippen LogP contribution < -0.4 is 5.73 Å². The minimum atomic E-state index is 0.179. The van der Waals surface area contributed by atoms with E-state index >= 15 is 0 Å². The Bertz CT molecular complexity index is 840. The van der Waals surface area contributed by atoms with Crippen LogP contribution in [0.15, 0.2) is 18.2 Å². The zero-order chi connectivity index (χ0) is 13.9. The summed E-state index contributed by atoms with van der Waals surface area (Å²) in [5.41, 5.74) is 8.37. The van der Waals surface area contributed by atoms with Crippen molar-refractivity contribution < 1.29 is 9.84 Å². The SMILES string of the molecule is C[C@H]1COCc2nc3c(N)nc4cc(O)ccc4c3n21. The number of fused-ring (bicyclic) bond motifs is 5. The van der Waals surface area contributed by atoms with Crippen molar-refractivity contribution >= 4 is 27.8 Å². The molecule has 1 aliphatic heterocycles. The molecule has 0 bridgehead atoms. The summed E-state index contributed by atoms with van der Waals surface area (Å²) in [7, 11) is 0. The van der Waals surface area contributed by atoms with E-state index in [1.807, 2.05) is 6.07 Å². The molecular weight excluding hydrogens is 256 g/mol. The highest BCUT2D eigenvalue weighted by Gasteiger charge is 2.24. The summed E-state index contributed by atoms with van der Waals surface area (Å²) in [4.78, 5) is 8.90. The molecule has 0 saturated heterocycles. The average molecular weight is 270 g/mol. The zero-order valence-electron chi connectivity index (χ0n) is 11.0. The van der Waals surface area contributed by atoms with Crippen LogP contribution in [-0.2, 0) is 11.3 Å². The van der Waals surface area contributed by atoms with Crippen LogP contribution in [0.5, 0.6) is 5.75 Å². The summed E-state index contributed by atoms with van der Waals surface area (Å²) < 4.78 is 7.69. The van der Waals surface area contributed by atoms with Gasteiger partial charge in [-0.2, -0.15) is 0 Å². The van der Waals surface area contributed by atoms with Gasteiger partial charge in [-0.25, -0.2) is 9.97 Å². The number of anilines is 1. The van der Waals surface area contributed by atoms with E-state index in [4.69, 9.17) is 10.5 Å². The quantitative estimate of drug-likeness (QED) is 0.652. The molecule has 0 unspecified atom stereocenters. The van der Waals surface area contributed by atoms with Crippen molar-refractivity contribution in [2.75, 3.05) is 12.3 Å². The van der Waals surface area contributed by atoms with E-state index in [-0.39, 0.29) is 11.8 Å². The molecule has 0 aliphatic carbocycles. The van der Waals surface area contributed by atoms with Crippen molar-refractivity contribution in [3.8, 4) is 5.75 Å². The molecule has 3 N–H and O–H groups in total. The van der Waals surface area contributed by atoms with Crippen molar-refractivity contribution in [2.45, 2.75) is 19.6 Å². The molecule has 1 atom stereocenters. The summed E-state index contributed by atoms with van der Waals surface area (Å²) in [6.45, 7) is 3.23. The summed E-state index contributed by atoms with van der Waals surface area (Å²) >= 11 is 0. The van der Waals surface area contributed by atoms with Crippen LogP contribution in [0.2, 0.25) is 0 Å². The van der Waals surface area contributed by atoms with E-state index < -0.39 is 0 Å². The molecule has 6 nitrogen and oxygen atoms in total. The second-order valence-corrected chi connectivity index (χ2v) is 5.16. The summed E-state index contributed by atoms with van der Waals surface area (Å²) in [6, 6.07) is 5.33. The fourth-order valence-corrected chi connectivity index (χ4v) is 2.88. The van der Waals surface area contributed by atoms with Crippen LogP contribution in [0.25, 0.3) is 21.9 Å². The maximum Gasteiger partial charge on any atom is 0.152 e. The van der Waals surface area contributed by atoms with Crippen LogP contribution in [-0.4, -0.2) is 26.2 Å². The molecule has 0 radical (unpaired) electrons. The fraction of sp³-hybridized carbons (Fsp3) is 0.286. The number of phenols is 1. The Morgan fingerprint density at radius 2 is 2.25 bits per heavy atom. The lowest BCUT2D eigenvalue weighted by molar-refractivity contribution is 0.0622.